The van der Waals surface area contributed by atoms with E-state index in [1.807, 2.05) is 19.0 Å². The summed E-state index contributed by atoms with van der Waals surface area (Å²) in [6.45, 7) is 9.66. The summed E-state index contributed by atoms with van der Waals surface area (Å²) in [6.07, 6.45) is 1.56. The average Bonchev–Trinajstić information content (AvgIpc) is 2.53. The molecular weight excluding hydrogens is 330 g/mol. The van der Waals surface area contributed by atoms with Crippen molar-refractivity contribution in [2.75, 3.05) is 32.5 Å². The molecule has 3 N–H and O–H groups in total. The van der Waals surface area contributed by atoms with Crippen LogP contribution in [0.3, 0.4) is 0 Å². The molecule has 2 rings (SSSR count). The van der Waals surface area contributed by atoms with Gasteiger partial charge in [-0.2, -0.15) is 0 Å². The van der Waals surface area contributed by atoms with Gasteiger partial charge < -0.3 is 20.5 Å². The lowest BCUT2D eigenvalue weighted by atomic mass is 9.88. The lowest BCUT2D eigenvalue weighted by molar-refractivity contribution is 0.0951. The Morgan fingerprint density at radius 2 is 2.04 bits per heavy atom. The predicted molar refractivity (Wildman–Crippen MR) is 106 cm³/mol. The maximum Gasteiger partial charge on any atom is 0.257 e. The van der Waals surface area contributed by atoms with Crippen molar-refractivity contribution >= 4 is 22.6 Å². The molecule has 0 aliphatic heterocycles. The third-order valence-electron chi connectivity index (χ3n) is 4.49. The van der Waals surface area contributed by atoms with Gasteiger partial charge in [-0.1, -0.05) is 20.8 Å². The number of aromatic amines is 1. The summed E-state index contributed by atoms with van der Waals surface area (Å²) in [4.78, 5) is 34.0. The maximum absolute atomic E-state index is 12.7. The summed E-state index contributed by atoms with van der Waals surface area (Å²) in [5.41, 5.74) is 0.669. The molecule has 1 amide bonds. The maximum atomic E-state index is 12.7. The molecule has 26 heavy (non-hydrogen) atoms. The van der Waals surface area contributed by atoms with Crippen molar-refractivity contribution in [1.29, 1.82) is 0 Å². The number of aromatic nitrogens is 2. The summed E-state index contributed by atoms with van der Waals surface area (Å²) >= 11 is 0. The molecular formula is C19H29N5O2. The zero-order valence-electron chi connectivity index (χ0n) is 16.4. The molecule has 0 saturated heterocycles. The van der Waals surface area contributed by atoms with E-state index in [1.165, 1.54) is 0 Å². The van der Waals surface area contributed by atoms with Crippen LogP contribution in [0.1, 0.15) is 38.1 Å². The van der Waals surface area contributed by atoms with Crippen LogP contribution in [-0.4, -0.2) is 54.0 Å². The van der Waals surface area contributed by atoms with Gasteiger partial charge in [0.15, 0.2) is 0 Å². The SMILES string of the molecule is CC(Nc1nc2cc[nH]c(=O)c2cc1C(=O)NCCN(C)C)C(C)(C)C. The van der Waals surface area contributed by atoms with E-state index < -0.39 is 0 Å². The summed E-state index contributed by atoms with van der Waals surface area (Å²) in [5, 5.41) is 6.64. The van der Waals surface area contributed by atoms with Crippen LogP contribution in [0.25, 0.3) is 10.9 Å². The van der Waals surface area contributed by atoms with Gasteiger partial charge in [0.2, 0.25) is 0 Å². The van der Waals surface area contributed by atoms with Gasteiger partial charge in [-0.05, 0) is 38.6 Å². The molecule has 0 aromatic carbocycles. The Bertz CT molecular complexity index is 836. The van der Waals surface area contributed by atoms with E-state index in [0.29, 0.717) is 28.8 Å². The molecule has 1 unspecified atom stereocenters. The van der Waals surface area contributed by atoms with E-state index in [9.17, 15) is 9.59 Å². The fraction of sp³-hybridized carbons (Fsp3) is 0.526. The average molecular weight is 359 g/mol. The highest BCUT2D eigenvalue weighted by Crippen LogP contribution is 2.25. The second-order valence-corrected chi connectivity index (χ2v) is 7.92. The van der Waals surface area contributed by atoms with Crippen molar-refractivity contribution in [3.8, 4) is 0 Å². The van der Waals surface area contributed by atoms with Crippen molar-refractivity contribution in [3.63, 3.8) is 0 Å². The summed E-state index contributed by atoms with van der Waals surface area (Å²) in [6, 6.07) is 3.43. The van der Waals surface area contributed by atoms with Gasteiger partial charge in [0, 0.05) is 25.3 Å². The minimum Gasteiger partial charge on any atom is -0.366 e. The first-order valence-electron chi connectivity index (χ1n) is 8.81. The Balaban J connectivity index is 2.43. The second kappa shape index (κ2) is 7.86. The van der Waals surface area contributed by atoms with Crippen LogP contribution < -0.4 is 16.2 Å². The first-order valence-corrected chi connectivity index (χ1v) is 8.81. The van der Waals surface area contributed by atoms with Crippen LogP contribution in [0.15, 0.2) is 23.1 Å². The molecule has 0 aliphatic rings. The third-order valence-corrected chi connectivity index (χ3v) is 4.49. The number of hydrogen-bond donors (Lipinski definition) is 3. The minimum absolute atomic E-state index is 0.0105. The van der Waals surface area contributed by atoms with E-state index >= 15 is 0 Å². The van der Waals surface area contributed by atoms with Gasteiger partial charge in [0.05, 0.1) is 16.5 Å². The second-order valence-electron chi connectivity index (χ2n) is 7.92. The number of H-pyrrole nitrogens is 1. The van der Waals surface area contributed by atoms with Gasteiger partial charge in [0.25, 0.3) is 11.5 Å². The molecule has 2 aromatic heterocycles. The van der Waals surface area contributed by atoms with Gasteiger partial charge in [0.1, 0.15) is 5.82 Å². The predicted octanol–water partition coefficient (Wildman–Crippen LogP) is 2.06. The van der Waals surface area contributed by atoms with E-state index in [2.05, 4.69) is 48.3 Å². The third kappa shape index (κ3) is 4.82. The number of pyridine rings is 2. The van der Waals surface area contributed by atoms with E-state index in [4.69, 9.17) is 0 Å². The summed E-state index contributed by atoms with van der Waals surface area (Å²) < 4.78 is 0. The number of rotatable bonds is 6. The molecule has 7 heteroatoms. The number of amides is 1. The van der Waals surface area contributed by atoms with Crippen molar-refractivity contribution in [3.05, 3.63) is 34.2 Å². The Labute approximate surface area is 154 Å². The number of carbonyl (C=O) groups is 1. The Morgan fingerprint density at radius 1 is 1.35 bits per heavy atom. The zero-order chi connectivity index (χ0) is 19.5. The van der Waals surface area contributed by atoms with Crippen LogP contribution >= 0.6 is 0 Å². The van der Waals surface area contributed by atoms with Crippen LogP contribution in [0.2, 0.25) is 0 Å². The molecule has 0 fully saturated rings. The molecule has 0 saturated carbocycles. The van der Waals surface area contributed by atoms with Crippen LogP contribution in [0.5, 0.6) is 0 Å². The Kier molecular flexibility index (Phi) is 6.02. The number of likely N-dealkylation sites (N-methyl/N-ethyl adjacent to an activating group) is 1. The van der Waals surface area contributed by atoms with Crippen molar-refractivity contribution < 1.29 is 4.79 Å². The van der Waals surface area contributed by atoms with Crippen LogP contribution in [-0.2, 0) is 0 Å². The molecule has 0 spiro atoms. The first-order chi connectivity index (χ1) is 12.1. The van der Waals surface area contributed by atoms with E-state index in [0.717, 1.165) is 6.54 Å². The first kappa shape index (κ1) is 19.9. The van der Waals surface area contributed by atoms with Crippen molar-refractivity contribution in [2.24, 2.45) is 5.41 Å². The van der Waals surface area contributed by atoms with Gasteiger partial charge in [-0.15, -0.1) is 0 Å². The van der Waals surface area contributed by atoms with Gasteiger partial charge in [-0.25, -0.2) is 4.98 Å². The standard InChI is InChI=1S/C19H29N5O2/c1-12(19(2,3)4)22-16-14(18(26)21-9-10-24(5)6)11-13-15(23-16)7-8-20-17(13)25/h7-8,11-12H,9-10H2,1-6H3,(H,20,25)(H,21,26)(H,22,23). The fourth-order valence-corrected chi connectivity index (χ4v) is 2.30. The highest BCUT2D eigenvalue weighted by Gasteiger charge is 2.23. The topological polar surface area (TPSA) is 90.1 Å². The smallest absolute Gasteiger partial charge is 0.257 e. The molecule has 0 bridgehead atoms. The lowest BCUT2D eigenvalue weighted by Crippen LogP contribution is -2.34. The molecule has 7 nitrogen and oxygen atoms in total. The van der Waals surface area contributed by atoms with E-state index in [1.54, 1.807) is 18.3 Å². The number of fused-ring (bicyclic) bond motifs is 1. The summed E-state index contributed by atoms with van der Waals surface area (Å²) in [5.74, 6) is 0.251. The Hall–Kier alpha value is -2.41. The van der Waals surface area contributed by atoms with Gasteiger partial charge in [-0.3, -0.25) is 9.59 Å². The molecule has 2 heterocycles. The highest BCUT2D eigenvalue weighted by atomic mass is 16.1. The largest absolute Gasteiger partial charge is 0.366 e. The molecule has 0 radical (unpaired) electrons. The number of anilines is 1. The number of nitrogens with one attached hydrogen (secondary N) is 3. The molecule has 1 atom stereocenters. The van der Waals surface area contributed by atoms with Crippen molar-refractivity contribution in [1.82, 2.24) is 20.2 Å². The van der Waals surface area contributed by atoms with E-state index in [-0.39, 0.29) is 22.9 Å². The monoisotopic (exact) mass is 359 g/mol. The molecule has 142 valence electrons. The van der Waals surface area contributed by atoms with Gasteiger partial charge >= 0.3 is 0 Å². The quantitative estimate of drug-likeness (QED) is 0.734. The molecule has 2 aromatic rings. The molecule has 0 aliphatic carbocycles. The fourth-order valence-electron chi connectivity index (χ4n) is 2.30. The summed E-state index contributed by atoms with van der Waals surface area (Å²) in [7, 11) is 3.89. The van der Waals surface area contributed by atoms with Crippen molar-refractivity contribution in [2.45, 2.75) is 33.7 Å². The Morgan fingerprint density at radius 3 is 2.65 bits per heavy atom. The normalized spacial score (nSPS) is 13.0. The zero-order valence-corrected chi connectivity index (χ0v) is 16.4. The van der Waals surface area contributed by atoms with Crippen LogP contribution in [0.4, 0.5) is 5.82 Å². The number of carbonyl (C=O) groups excluding carboxylic acids is 1. The number of hydrogen-bond acceptors (Lipinski definition) is 5. The highest BCUT2D eigenvalue weighted by molar-refractivity contribution is 6.02. The lowest BCUT2D eigenvalue weighted by Gasteiger charge is -2.29. The van der Waals surface area contributed by atoms with Crippen LogP contribution in [0, 0.1) is 5.41 Å². The minimum atomic E-state index is -0.257. The number of nitrogens with zero attached hydrogens (tertiary/aromatic N) is 2.